The highest BCUT2D eigenvalue weighted by atomic mass is 32.2. The number of hydrogen-bond donors (Lipinski definition) is 3. The largest absolute Gasteiger partial charge is 0.491 e. The number of carboxylic acid groups (broad SMARTS) is 1. The Balaban J connectivity index is 0.000000455. The Kier molecular flexibility index (Phi) is 8.68. The van der Waals surface area contributed by atoms with E-state index < -0.39 is 22.4 Å². The molecule has 2 aliphatic carbocycles. The molecule has 39 heavy (non-hydrogen) atoms. The van der Waals surface area contributed by atoms with Crippen molar-refractivity contribution in [2.24, 2.45) is 5.92 Å². The van der Waals surface area contributed by atoms with Gasteiger partial charge in [-0.2, -0.15) is 0 Å². The van der Waals surface area contributed by atoms with Crippen LogP contribution in [0, 0.1) is 5.92 Å². The van der Waals surface area contributed by atoms with Crippen LogP contribution in [0.4, 0.5) is 5.69 Å². The Morgan fingerprint density at radius 1 is 0.949 bits per heavy atom. The van der Waals surface area contributed by atoms with Crippen LogP contribution >= 0.6 is 0 Å². The van der Waals surface area contributed by atoms with Gasteiger partial charge in [-0.05, 0) is 103 Å². The summed E-state index contributed by atoms with van der Waals surface area (Å²) in [6, 6.07) is 23.5. The molecule has 0 unspecified atom stereocenters. The number of aliphatic hydroxyl groups is 1. The molecule has 206 valence electrons. The summed E-state index contributed by atoms with van der Waals surface area (Å²) in [4.78, 5) is 9.76. The molecule has 0 spiro atoms. The van der Waals surface area contributed by atoms with E-state index in [2.05, 4.69) is 47.8 Å². The van der Waals surface area contributed by atoms with Crippen molar-refractivity contribution in [1.29, 1.82) is 0 Å². The predicted octanol–water partition coefficient (Wildman–Crippen LogP) is 5.59. The fraction of sp³-hybridized carbons (Fsp3) is 0.406. The average molecular weight is 548 g/mol. The van der Waals surface area contributed by atoms with Gasteiger partial charge < -0.3 is 20.3 Å². The van der Waals surface area contributed by atoms with E-state index in [9.17, 15) is 14.1 Å². The number of ether oxygens (including phenoxy) is 1. The minimum Gasteiger partial charge on any atom is -0.491 e. The van der Waals surface area contributed by atoms with E-state index in [0.29, 0.717) is 24.3 Å². The van der Waals surface area contributed by atoms with E-state index in [1.54, 1.807) is 0 Å². The van der Waals surface area contributed by atoms with Crippen molar-refractivity contribution in [3.05, 3.63) is 83.4 Å². The molecule has 0 atom stereocenters. The fourth-order valence-electron chi connectivity index (χ4n) is 5.09. The number of aliphatic carboxylic acids is 1. The van der Waals surface area contributed by atoms with Crippen molar-refractivity contribution in [2.45, 2.75) is 57.1 Å². The Labute approximate surface area is 232 Å². The standard InChI is InChI=1S/C28H31NO3S.C4H6O2/c30-28(13-15-33(31)16-14-28)20-32-25-11-12-26-23(18-25)6-4-5-22-10-9-21(17-27(22)26)19-29-24-7-2-1-3-8-24;5-4(6)3-1-2-3/h1-3,7-12,17-18,29-30H,4-6,13-16,19-20H2;3H,1-2H2,(H,5,6). The minimum absolute atomic E-state index is 0.0185. The van der Waals surface area contributed by atoms with Crippen molar-refractivity contribution in [2.75, 3.05) is 23.4 Å². The normalized spacial score (nSPS) is 21.8. The summed E-state index contributed by atoms with van der Waals surface area (Å²) >= 11 is 0. The Hall–Kier alpha value is -3.16. The fourth-order valence-corrected chi connectivity index (χ4v) is 6.51. The summed E-state index contributed by atoms with van der Waals surface area (Å²) in [5, 5.41) is 22.3. The number of hydrogen-bond acceptors (Lipinski definition) is 5. The van der Waals surface area contributed by atoms with E-state index in [4.69, 9.17) is 9.84 Å². The number of benzene rings is 3. The number of nitrogens with one attached hydrogen (secondary N) is 1. The molecule has 7 heteroatoms. The van der Waals surface area contributed by atoms with Gasteiger partial charge in [-0.1, -0.05) is 36.4 Å². The summed E-state index contributed by atoms with van der Waals surface area (Å²) in [6.45, 7) is 1.05. The number of fused-ring (bicyclic) bond motifs is 3. The van der Waals surface area contributed by atoms with E-state index >= 15 is 0 Å². The van der Waals surface area contributed by atoms with Crippen molar-refractivity contribution in [3.8, 4) is 16.9 Å². The molecule has 6 rings (SSSR count). The number of aryl methyl sites for hydroxylation is 2. The Bertz CT molecular complexity index is 1310. The van der Waals surface area contributed by atoms with E-state index in [1.165, 1.54) is 27.8 Å². The van der Waals surface area contributed by atoms with Gasteiger partial charge in [-0.25, -0.2) is 0 Å². The van der Waals surface area contributed by atoms with Crippen LogP contribution < -0.4 is 10.1 Å². The number of carboxylic acids is 1. The summed E-state index contributed by atoms with van der Waals surface area (Å²) in [5.74, 6) is 1.31. The highest BCUT2D eigenvalue weighted by Crippen LogP contribution is 2.36. The lowest BCUT2D eigenvalue weighted by molar-refractivity contribution is -0.138. The molecule has 0 amide bonds. The molecule has 6 nitrogen and oxygen atoms in total. The van der Waals surface area contributed by atoms with Crippen LogP contribution in [0.15, 0.2) is 66.7 Å². The van der Waals surface area contributed by atoms with E-state index in [0.717, 1.165) is 50.1 Å². The predicted molar refractivity (Wildman–Crippen MR) is 156 cm³/mol. The zero-order valence-electron chi connectivity index (χ0n) is 22.2. The Morgan fingerprint density at radius 3 is 2.38 bits per heavy atom. The first kappa shape index (κ1) is 27.4. The van der Waals surface area contributed by atoms with Gasteiger partial charge in [0.1, 0.15) is 18.0 Å². The molecule has 3 aromatic carbocycles. The second-order valence-electron chi connectivity index (χ2n) is 10.9. The maximum atomic E-state index is 11.6. The lowest BCUT2D eigenvalue weighted by Gasteiger charge is -2.31. The van der Waals surface area contributed by atoms with Crippen LogP contribution in [0.3, 0.4) is 0 Å². The zero-order valence-corrected chi connectivity index (χ0v) is 23.1. The molecular formula is C32H37NO5S. The lowest BCUT2D eigenvalue weighted by Crippen LogP contribution is -2.42. The molecular weight excluding hydrogens is 510 g/mol. The summed E-state index contributed by atoms with van der Waals surface area (Å²) in [6.07, 6.45) is 6.08. The second-order valence-corrected chi connectivity index (χ2v) is 12.6. The highest BCUT2D eigenvalue weighted by Gasteiger charge is 2.33. The van der Waals surface area contributed by atoms with Gasteiger partial charge in [-0.3, -0.25) is 9.00 Å². The number of carbonyl (C=O) groups is 1. The van der Waals surface area contributed by atoms with Crippen LogP contribution in [0.5, 0.6) is 5.75 Å². The van der Waals surface area contributed by atoms with E-state index in [1.807, 2.05) is 24.3 Å². The van der Waals surface area contributed by atoms with Crippen LogP contribution in [0.2, 0.25) is 0 Å². The van der Waals surface area contributed by atoms with Crippen molar-refractivity contribution in [3.63, 3.8) is 0 Å². The molecule has 3 aromatic rings. The molecule has 0 aromatic heterocycles. The van der Waals surface area contributed by atoms with Crippen LogP contribution in [-0.4, -0.2) is 44.1 Å². The topological polar surface area (TPSA) is 95.9 Å². The van der Waals surface area contributed by atoms with Gasteiger partial charge in [0.25, 0.3) is 0 Å². The third-order valence-electron chi connectivity index (χ3n) is 7.73. The Morgan fingerprint density at radius 2 is 1.69 bits per heavy atom. The summed E-state index contributed by atoms with van der Waals surface area (Å²) in [5.41, 5.74) is 6.82. The first-order valence-corrected chi connectivity index (χ1v) is 15.3. The third kappa shape index (κ3) is 7.49. The quantitative estimate of drug-likeness (QED) is 0.357. The zero-order chi connectivity index (χ0) is 27.2. The third-order valence-corrected chi connectivity index (χ3v) is 9.05. The van der Waals surface area contributed by atoms with Crippen LogP contribution in [0.25, 0.3) is 11.1 Å². The molecule has 3 N–H and O–H groups in total. The van der Waals surface area contributed by atoms with Crippen molar-refractivity contribution in [1.82, 2.24) is 0 Å². The van der Waals surface area contributed by atoms with Gasteiger partial charge in [0.05, 0.1) is 5.92 Å². The minimum atomic E-state index is -0.867. The van der Waals surface area contributed by atoms with Crippen LogP contribution in [-0.2, 0) is 35.0 Å². The van der Waals surface area contributed by atoms with Gasteiger partial charge >= 0.3 is 5.97 Å². The molecule has 1 saturated carbocycles. The molecule has 0 radical (unpaired) electrons. The summed E-state index contributed by atoms with van der Waals surface area (Å²) in [7, 11) is -0.795. The molecule has 1 heterocycles. The molecule has 1 aliphatic heterocycles. The van der Waals surface area contributed by atoms with Gasteiger partial charge in [0.2, 0.25) is 0 Å². The lowest BCUT2D eigenvalue weighted by atomic mass is 9.94. The van der Waals surface area contributed by atoms with Crippen LogP contribution in [0.1, 0.15) is 48.8 Å². The number of para-hydroxylation sites is 1. The SMILES string of the molecule is O=C(O)C1CC1.O=S1CCC(O)(COc2ccc3c(c2)CCCc2ccc(CNc4ccccc4)cc2-3)CC1. The first-order valence-electron chi connectivity index (χ1n) is 13.9. The van der Waals surface area contributed by atoms with Gasteiger partial charge in [0, 0.05) is 34.5 Å². The number of anilines is 1. The monoisotopic (exact) mass is 547 g/mol. The summed E-state index contributed by atoms with van der Waals surface area (Å²) < 4.78 is 17.6. The molecule has 2 fully saturated rings. The molecule has 3 aliphatic rings. The highest BCUT2D eigenvalue weighted by molar-refractivity contribution is 7.85. The van der Waals surface area contributed by atoms with Crippen molar-refractivity contribution < 1.29 is 24.0 Å². The average Bonchev–Trinajstić information content (AvgIpc) is 3.81. The maximum absolute atomic E-state index is 11.6. The molecule has 1 saturated heterocycles. The van der Waals surface area contributed by atoms with Gasteiger partial charge in [-0.15, -0.1) is 0 Å². The van der Waals surface area contributed by atoms with Gasteiger partial charge in [0.15, 0.2) is 0 Å². The molecule has 0 bridgehead atoms. The first-order chi connectivity index (χ1) is 18.9. The van der Waals surface area contributed by atoms with Crippen molar-refractivity contribution >= 4 is 22.5 Å². The van der Waals surface area contributed by atoms with E-state index in [-0.39, 0.29) is 12.5 Å². The number of rotatable bonds is 7. The smallest absolute Gasteiger partial charge is 0.306 e. The maximum Gasteiger partial charge on any atom is 0.306 e. The second kappa shape index (κ2) is 12.3.